The Kier molecular flexibility index (Phi) is 5.65. The highest BCUT2D eigenvalue weighted by Crippen LogP contribution is 2.23. The maximum atomic E-state index is 12.6. The molecule has 1 saturated heterocycles. The number of halogens is 1. The zero-order chi connectivity index (χ0) is 20.4. The van der Waals surface area contributed by atoms with Crippen molar-refractivity contribution in [3.8, 4) is 0 Å². The van der Waals surface area contributed by atoms with Crippen LogP contribution in [0.1, 0.15) is 32.7 Å². The van der Waals surface area contributed by atoms with Crippen LogP contribution in [0.4, 0.5) is 0 Å². The summed E-state index contributed by atoms with van der Waals surface area (Å²) in [4.78, 5) is 42.7. The van der Waals surface area contributed by atoms with Gasteiger partial charge in [0.1, 0.15) is 0 Å². The molecule has 2 aromatic carbocycles. The topological polar surface area (TPSA) is 60.9 Å². The Morgan fingerprint density at radius 2 is 1.45 bits per heavy atom. The maximum Gasteiger partial charge on any atom is 0.261 e. The van der Waals surface area contributed by atoms with Crippen molar-refractivity contribution >= 4 is 29.3 Å². The van der Waals surface area contributed by atoms with Crippen molar-refractivity contribution < 1.29 is 14.4 Å². The van der Waals surface area contributed by atoms with E-state index < -0.39 is 0 Å². The summed E-state index contributed by atoms with van der Waals surface area (Å²) >= 11 is 6.23. The third-order valence-corrected chi connectivity index (χ3v) is 5.87. The van der Waals surface area contributed by atoms with E-state index in [1.54, 1.807) is 29.2 Å². The molecule has 0 atom stereocenters. The normalized spacial score (nSPS) is 17.0. The van der Waals surface area contributed by atoms with E-state index in [1.807, 2.05) is 24.3 Å². The lowest BCUT2D eigenvalue weighted by atomic mass is 10.1. The fourth-order valence-corrected chi connectivity index (χ4v) is 4.03. The number of fused-ring (bicyclic) bond motifs is 1. The van der Waals surface area contributed by atoms with Crippen LogP contribution in [0.3, 0.4) is 0 Å². The molecule has 0 radical (unpaired) electrons. The average Bonchev–Trinajstić information content (AvgIpc) is 2.99. The van der Waals surface area contributed by atoms with Gasteiger partial charge in [-0.25, -0.2) is 0 Å². The Morgan fingerprint density at radius 1 is 0.862 bits per heavy atom. The Labute approximate surface area is 174 Å². The first-order chi connectivity index (χ1) is 14.0. The van der Waals surface area contributed by atoms with E-state index in [4.69, 9.17) is 11.6 Å². The van der Waals surface area contributed by atoms with Crippen molar-refractivity contribution in [1.82, 2.24) is 14.7 Å². The minimum absolute atomic E-state index is 0.0288. The van der Waals surface area contributed by atoms with Crippen LogP contribution in [0.15, 0.2) is 48.5 Å². The lowest BCUT2D eigenvalue weighted by Gasteiger charge is -2.35. The van der Waals surface area contributed by atoms with E-state index in [1.165, 1.54) is 4.90 Å². The molecule has 2 aliphatic rings. The molecule has 0 aromatic heterocycles. The second-order valence-electron chi connectivity index (χ2n) is 7.31. The van der Waals surface area contributed by atoms with E-state index >= 15 is 0 Å². The minimum atomic E-state index is -0.317. The first kappa shape index (κ1) is 19.6. The second kappa shape index (κ2) is 8.35. The van der Waals surface area contributed by atoms with Gasteiger partial charge in [0, 0.05) is 50.7 Å². The van der Waals surface area contributed by atoms with E-state index in [0.717, 1.165) is 30.2 Å². The van der Waals surface area contributed by atoms with E-state index in [9.17, 15) is 14.4 Å². The molecular weight excluding hydrogens is 390 g/mol. The molecule has 0 saturated carbocycles. The van der Waals surface area contributed by atoms with Crippen LogP contribution in [-0.2, 0) is 11.3 Å². The monoisotopic (exact) mass is 411 g/mol. The third kappa shape index (κ3) is 4.04. The van der Waals surface area contributed by atoms with Crippen molar-refractivity contribution in [3.05, 3.63) is 70.2 Å². The Balaban J connectivity index is 1.27. The fourth-order valence-electron chi connectivity index (χ4n) is 3.83. The van der Waals surface area contributed by atoms with Gasteiger partial charge in [-0.05, 0) is 23.8 Å². The Hall–Kier alpha value is -2.70. The van der Waals surface area contributed by atoms with Crippen molar-refractivity contribution in [3.63, 3.8) is 0 Å². The van der Waals surface area contributed by atoms with Gasteiger partial charge in [-0.15, -0.1) is 0 Å². The third-order valence-electron chi connectivity index (χ3n) is 5.50. The van der Waals surface area contributed by atoms with Crippen molar-refractivity contribution in [2.24, 2.45) is 0 Å². The molecule has 0 unspecified atom stereocenters. The van der Waals surface area contributed by atoms with Gasteiger partial charge >= 0.3 is 0 Å². The largest absolute Gasteiger partial charge is 0.340 e. The number of imide groups is 1. The average molecular weight is 412 g/mol. The summed E-state index contributed by atoms with van der Waals surface area (Å²) in [5, 5.41) is 0.756. The number of benzene rings is 2. The lowest BCUT2D eigenvalue weighted by Crippen LogP contribution is -2.49. The minimum Gasteiger partial charge on any atom is -0.340 e. The zero-order valence-electron chi connectivity index (χ0n) is 16.0. The van der Waals surface area contributed by atoms with Crippen molar-refractivity contribution in [1.29, 1.82) is 0 Å². The molecule has 0 aliphatic carbocycles. The van der Waals surface area contributed by atoms with Crippen molar-refractivity contribution in [2.45, 2.75) is 13.0 Å². The highest BCUT2D eigenvalue weighted by Gasteiger charge is 2.35. The van der Waals surface area contributed by atoms with E-state index in [2.05, 4.69) is 4.90 Å². The number of piperazine rings is 1. The molecule has 3 amide bonds. The predicted octanol–water partition coefficient (Wildman–Crippen LogP) is 2.67. The summed E-state index contributed by atoms with van der Waals surface area (Å²) in [5.41, 5.74) is 1.91. The molecular formula is C22H22ClN3O3. The maximum absolute atomic E-state index is 12.6. The number of carbonyl (C=O) groups is 3. The Morgan fingerprint density at radius 3 is 2.07 bits per heavy atom. The molecule has 2 aliphatic heterocycles. The smallest absolute Gasteiger partial charge is 0.261 e. The van der Waals surface area contributed by atoms with Crippen LogP contribution < -0.4 is 0 Å². The number of hydrogen-bond donors (Lipinski definition) is 0. The van der Waals surface area contributed by atoms with Crippen LogP contribution in [0, 0.1) is 0 Å². The number of nitrogens with zero attached hydrogens (tertiary/aromatic N) is 3. The number of carbonyl (C=O) groups excluding carboxylic acids is 3. The lowest BCUT2D eigenvalue weighted by molar-refractivity contribution is -0.133. The molecule has 4 rings (SSSR count). The van der Waals surface area contributed by atoms with Gasteiger partial charge in [0.25, 0.3) is 11.8 Å². The van der Waals surface area contributed by atoms with Gasteiger partial charge in [-0.1, -0.05) is 41.9 Å². The first-order valence-corrected chi connectivity index (χ1v) is 10.1. The van der Waals surface area contributed by atoms with Gasteiger partial charge in [0.2, 0.25) is 5.91 Å². The molecule has 6 nitrogen and oxygen atoms in total. The summed E-state index contributed by atoms with van der Waals surface area (Å²) < 4.78 is 0. The number of hydrogen-bond acceptors (Lipinski definition) is 4. The molecule has 29 heavy (non-hydrogen) atoms. The molecule has 150 valence electrons. The summed E-state index contributed by atoms with van der Waals surface area (Å²) in [6, 6.07) is 14.6. The van der Waals surface area contributed by atoms with Gasteiger partial charge < -0.3 is 4.90 Å². The van der Waals surface area contributed by atoms with E-state index in [-0.39, 0.29) is 30.7 Å². The number of amides is 3. The first-order valence-electron chi connectivity index (χ1n) is 9.73. The van der Waals surface area contributed by atoms with E-state index in [0.29, 0.717) is 24.2 Å². The van der Waals surface area contributed by atoms with Gasteiger partial charge in [0.05, 0.1) is 11.1 Å². The number of rotatable bonds is 5. The zero-order valence-corrected chi connectivity index (χ0v) is 16.8. The van der Waals surface area contributed by atoms with Crippen LogP contribution in [0.5, 0.6) is 0 Å². The summed E-state index contributed by atoms with van der Waals surface area (Å²) in [6.45, 7) is 3.67. The predicted molar refractivity (Wildman–Crippen MR) is 110 cm³/mol. The van der Waals surface area contributed by atoms with Gasteiger partial charge in [-0.2, -0.15) is 0 Å². The summed E-state index contributed by atoms with van der Waals surface area (Å²) in [7, 11) is 0. The van der Waals surface area contributed by atoms with Crippen LogP contribution >= 0.6 is 11.6 Å². The summed E-state index contributed by atoms with van der Waals surface area (Å²) in [6.07, 6.45) is 0.149. The van der Waals surface area contributed by atoms with Crippen LogP contribution in [0.2, 0.25) is 5.02 Å². The fraction of sp³-hybridized carbons (Fsp3) is 0.318. The molecule has 0 spiro atoms. The molecule has 1 fully saturated rings. The molecule has 7 heteroatoms. The molecule has 2 aromatic rings. The van der Waals surface area contributed by atoms with Crippen LogP contribution in [0.25, 0.3) is 0 Å². The molecule has 0 N–H and O–H groups in total. The van der Waals surface area contributed by atoms with Gasteiger partial charge in [0.15, 0.2) is 0 Å². The summed E-state index contributed by atoms with van der Waals surface area (Å²) in [5.74, 6) is -0.662. The highest BCUT2D eigenvalue weighted by molar-refractivity contribution is 6.31. The quantitative estimate of drug-likeness (QED) is 0.710. The standard InChI is InChI=1S/C22H22ClN3O3/c23-19-8-4-1-5-16(19)15-24-11-13-25(14-12-24)20(27)9-10-26-21(28)17-6-2-3-7-18(17)22(26)29/h1-8H,9-15H2. The van der Waals surface area contributed by atoms with Crippen molar-refractivity contribution in [2.75, 3.05) is 32.7 Å². The highest BCUT2D eigenvalue weighted by atomic mass is 35.5. The Bertz CT molecular complexity index is 919. The van der Waals surface area contributed by atoms with Gasteiger partial charge in [-0.3, -0.25) is 24.2 Å². The van der Waals surface area contributed by atoms with Crippen LogP contribution in [-0.4, -0.2) is 65.1 Å². The molecule has 2 heterocycles. The SMILES string of the molecule is O=C(CCN1C(=O)c2ccccc2C1=O)N1CCN(Cc2ccccc2Cl)CC1. The molecule has 0 bridgehead atoms. The second-order valence-corrected chi connectivity index (χ2v) is 7.71.